The van der Waals surface area contributed by atoms with Gasteiger partial charge < -0.3 is 21.1 Å². The van der Waals surface area contributed by atoms with Gasteiger partial charge in [0.25, 0.3) is 0 Å². The van der Waals surface area contributed by atoms with Crippen molar-refractivity contribution in [2.45, 2.75) is 12.5 Å². The summed E-state index contributed by atoms with van der Waals surface area (Å²) < 4.78 is 0. The molecule has 1 atom stereocenters. The highest BCUT2D eigenvalue weighted by atomic mass is 16.3. The van der Waals surface area contributed by atoms with Crippen molar-refractivity contribution in [3.05, 3.63) is 54.5 Å². The summed E-state index contributed by atoms with van der Waals surface area (Å²) in [7, 11) is 0. The van der Waals surface area contributed by atoms with Crippen LogP contribution in [-0.2, 0) is 11.2 Å². The van der Waals surface area contributed by atoms with Crippen molar-refractivity contribution in [2.75, 3.05) is 5.32 Å². The van der Waals surface area contributed by atoms with E-state index < -0.39 is 6.04 Å². The molecular formula is C16H16N4O2. The van der Waals surface area contributed by atoms with E-state index in [-0.39, 0.29) is 11.7 Å². The van der Waals surface area contributed by atoms with Gasteiger partial charge in [-0.05, 0) is 42.3 Å². The standard InChI is InChI=1S/C16H16N4O2/c17-14(16(22)20-11-3-5-18-6-4-11)7-10-9-19-15-2-1-12(21)8-13(10)15/h1-6,8-9,14,19,21H,7,17H2,(H,18,20,22). The Kier molecular flexibility index (Phi) is 3.76. The lowest BCUT2D eigenvalue weighted by molar-refractivity contribution is -0.117. The molecule has 22 heavy (non-hydrogen) atoms. The van der Waals surface area contributed by atoms with E-state index in [9.17, 15) is 9.90 Å². The van der Waals surface area contributed by atoms with E-state index in [2.05, 4.69) is 15.3 Å². The Hall–Kier alpha value is -2.86. The number of nitrogens with zero attached hydrogens (tertiary/aromatic N) is 1. The summed E-state index contributed by atoms with van der Waals surface area (Å²) in [4.78, 5) is 19.1. The number of phenols is 1. The van der Waals surface area contributed by atoms with E-state index in [0.717, 1.165) is 16.5 Å². The second-order valence-corrected chi connectivity index (χ2v) is 5.08. The minimum Gasteiger partial charge on any atom is -0.508 e. The highest BCUT2D eigenvalue weighted by Crippen LogP contribution is 2.23. The summed E-state index contributed by atoms with van der Waals surface area (Å²) in [6, 6.07) is 7.78. The van der Waals surface area contributed by atoms with Crippen LogP contribution in [0.3, 0.4) is 0 Å². The Bertz CT molecular complexity index is 798. The summed E-state index contributed by atoms with van der Waals surface area (Å²) in [5, 5.41) is 13.2. The number of hydrogen-bond acceptors (Lipinski definition) is 4. The van der Waals surface area contributed by atoms with Crippen LogP contribution in [0.15, 0.2) is 48.9 Å². The summed E-state index contributed by atoms with van der Waals surface area (Å²) in [6.45, 7) is 0. The zero-order valence-electron chi connectivity index (χ0n) is 11.8. The number of carbonyl (C=O) groups excluding carboxylic acids is 1. The molecule has 3 rings (SSSR count). The van der Waals surface area contributed by atoms with E-state index in [1.54, 1.807) is 42.7 Å². The highest BCUT2D eigenvalue weighted by molar-refractivity contribution is 5.95. The molecule has 1 amide bonds. The molecular weight excluding hydrogens is 280 g/mol. The number of aromatic amines is 1. The molecule has 0 spiro atoms. The number of fused-ring (bicyclic) bond motifs is 1. The fourth-order valence-corrected chi connectivity index (χ4v) is 2.34. The normalized spacial score (nSPS) is 12.2. The number of anilines is 1. The van der Waals surface area contributed by atoms with Crippen LogP contribution in [-0.4, -0.2) is 27.0 Å². The number of benzene rings is 1. The Morgan fingerprint density at radius 1 is 1.32 bits per heavy atom. The number of amides is 1. The van der Waals surface area contributed by atoms with Gasteiger partial charge >= 0.3 is 0 Å². The first-order valence-corrected chi connectivity index (χ1v) is 6.89. The molecule has 0 saturated carbocycles. The van der Waals surface area contributed by atoms with Gasteiger partial charge in [-0.25, -0.2) is 0 Å². The van der Waals surface area contributed by atoms with Crippen molar-refractivity contribution in [1.82, 2.24) is 9.97 Å². The van der Waals surface area contributed by atoms with Crippen LogP contribution in [0.25, 0.3) is 10.9 Å². The molecule has 0 aliphatic heterocycles. The number of hydrogen-bond donors (Lipinski definition) is 4. The molecule has 0 bridgehead atoms. The second kappa shape index (κ2) is 5.87. The molecule has 112 valence electrons. The fraction of sp³-hybridized carbons (Fsp3) is 0.125. The number of H-pyrrole nitrogens is 1. The third kappa shape index (κ3) is 2.91. The van der Waals surface area contributed by atoms with Crippen molar-refractivity contribution in [1.29, 1.82) is 0 Å². The van der Waals surface area contributed by atoms with Gasteiger partial charge in [0.05, 0.1) is 6.04 Å². The molecule has 0 aliphatic rings. The number of rotatable bonds is 4. The number of nitrogens with two attached hydrogens (primary N) is 1. The lowest BCUT2D eigenvalue weighted by Gasteiger charge is -2.11. The largest absolute Gasteiger partial charge is 0.508 e. The van der Waals surface area contributed by atoms with Crippen LogP contribution in [0.2, 0.25) is 0 Å². The molecule has 0 aliphatic carbocycles. The molecule has 0 saturated heterocycles. The van der Waals surface area contributed by atoms with E-state index in [4.69, 9.17) is 5.73 Å². The summed E-state index contributed by atoms with van der Waals surface area (Å²) >= 11 is 0. The number of pyridine rings is 1. The van der Waals surface area contributed by atoms with Crippen LogP contribution in [0.1, 0.15) is 5.56 Å². The quantitative estimate of drug-likeness (QED) is 0.589. The predicted octanol–water partition coefficient (Wildman–Crippen LogP) is 1.78. The number of phenolic OH excluding ortho intramolecular Hbond substituents is 1. The number of aromatic nitrogens is 2. The van der Waals surface area contributed by atoms with Crippen molar-refractivity contribution < 1.29 is 9.90 Å². The SMILES string of the molecule is NC(Cc1c[nH]c2ccc(O)cc12)C(=O)Nc1ccncc1. The van der Waals surface area contributed by atoms with Crippen LogP contribution in [0, 0.1) is 0 Å². The average molecular weight is 296 g/mol. The first-order valence-electron chi connectivity index (χ1n) is 6.89. The zero-order chi connectivity index (χ0) is 15.5. The van der Waals surface area contributed by atoms with Crippen LogP contribution in [0.5, 0.6) is 5.75 Å². The number of aromatic hydroxyl groups is 1. The van der Waals surface area contributed by atoms with E-state index >= 15 is 0 Å². The third-order valence-electron chi connectivity index (χ3n) is 3.48. The van der Waals surface area contributed by atoms with Gasteiger partial charge in [0.15, 0.2) is 0 Å². The lowest BCUT2D eigenvalue weighted by Crippen LogP contribution is -2.37. The number of nitrogens with one attached hydrogen (secondary N) is 2. The van der Waals surface area contributed by atoms with Crippen molar-refractivity contribution in [2.24, 2.45) is 5.73 Å². The predicted molar refractivity (Wildman–Crippen MR) is 84.5 cm³/mol. The van der Waals surface area contributed by atoms with Crippen LogP contribution in [0.4, 0.5) is 5.69 Å². The van der Waals surface area contributed by atoms with E-state index in [1.165, 1.54) is 0 Å². The molecule has 6 heteroatoms. The summed E-state index contributed by atoms with van der Waals surface area (Å²) in [5.74, 6) is -0.0798. The van der Waals surface area contributed by atoms with E-state index in [0.29, 0.717) is 12.1 Å². The van der Waals surface area contributed by atoms with Crippen LogP contribution < -0.4 is 11.1 Å². The third-order valence-corrected chi connectivity index (χ3v) is 3.48. The lowest BCUT2D eigenvalue weighted by atomic mass is 10.0. The topological polar surface area (TPSA) is 104 Å². The maximum atomic E-state index is 12.1. The zero-order valence-corrected chi connectivity index (χ0v) is 11.8. The van der Waals surface area contributed by atoms with Crippen LogP contribution >= 0.6 is 0 Å². The second-order valence-electron chi connectivity index (χ2n) is 5.08. The maximum Gasteiger partial charge on any atom is 0.241 e. The minimum atomic E-state index is -0.686. The van der Waals surface area contributed by atoms with Gasteiger partial charge in [0.2, 0.25) is 5.91 Å². The van der Waals surface area contributed by atoms with Gasteiger partial charge in [-0.15, -0.1) is 0 Å². The Balaban J connectivity index is 1.74. The van der Waals surface area contributed by atoms with Gasteiger partial charge in [-0.3, -0.25) is 9.78 Å². The highest BCUT2D eigenvalue weighted by Gasteiger charge is 2.16. The molecule has 3 aromatic rings. The molecule has 2 aromatic heterocycles. The van der Waals surface area contributed by atoms with Gasteiger partial charge in [-0.2, -0.15) is 0 Å². The van der Waals surface area contributed by atoms with Crippen molar-refractivity contribution in [3.8, 4) is 5.75 Å². The summed E-state index contributed by atoms with van der Waals surface area (Å²) in [5.41, 5.74) is 8.43. The Morgan fingerprint density at radius 2 is 2.09 bits per heavy atom. The molecule has 5 N–H and O–H groups in total. The molecule has 2 heterocycles. The smallest absolute Gasteiger partial charge is 0.241 e. The molecule has 1 unspecified atom stereocenters. The maximum absolute atomic E-state index is 12.1. The first-order chi connectivity index (χ1) is 10.6. The minimum absolute atomic E-state index is 0.183. The molecule has 0 fully saturated rings. The number of carbonyl (C=O) groups is 1. The Morgan fingerprint density at radius 3 is 2.86 bits per heavy atom. The van der Waals surface area contributed by atoms with Crippen molar-refractivity contribution >= 4 is 22.5 Å². The molecule has 6 nitrogen and oxygen atoms in total. The van der Waals surface area contributed by atoms with E-state index in [1.807, 2.05) is 6.20 Å². The van der Waals surface area contributed by atoms with Gasteiger partial charge in [0.1, 0.15) is 5.75 Å². The summed E-state index contributed by atoms with van der Waals surface area (Å²) in [6.07, 6.45) is 5.39. The average Bonchev–Trinajstić information content (AvgIpc) is 2.90. The van der Waals surface area contributed by atoms with Crippen molar-refractivity contribution in [3.63, 3.8) is 0 Å². The molecule has 0 radical (unpaired) electrons. The van der Waals surface area contributed by atoms with Gasteiger partial charge in [-0.1, -0.05) is 0 Å². The Labute approximate surface area is 127 Å². The first kappa shape index (κ1) is 14.1. The fourth-order valence-electron chi connectivity index (χ4n) is 2.34. The van der Waals surface area contributed by atoms with Gasteiger partial charge in [0, 0.05) is 35.2 Å². The monoisotopic (exact) mass is 296 g/mol. The molecule has 1 aromatic carbocycles.